The number of anilines is 1. The molecule has 0 aliphatic carbocycles. The van der Waals surface area contributed by atoms with Gasteiger partial charge in [0.15, 0.2) is 17.5 Å². The van der Waals surface area contributed by atoms with E-state index < -0.39 is 39.1 Å². The molecule has 2 aromatic rings. The van der Waals surface area contributed by atoms with Gasteiger partial charge in [0.2, 0.25) is 10.0 Å². The van der Waals surface area contributed by atoms with Gasteiger partial charge in [-0.3, -0.25) is 4.79 Å². The van der Waals surface area contributed by atoms with E-state index in [9.17, 15) is 26.4 Å². The first-order valence-electron chi connectivity index (χ1n) is 8.36. The SMILES string of the molecule is O=C(Nc1ccc(F)c(F)c1F)c1ccc(S(=O)(=O)N2CCCCC2)cc1. The summed E-state index contributed by atoms with van der Waals surface area (Å²) in [5.74, 6) is -5.33. The van der Waals surface area contributed by atoms with E-state index in [2.05, 4.69) is 5.32 Å². The lowest BCUT2D eigenvalue weighted by molar-refractivity contribution is 0.102. The zero-order valence-electron chi connectivity index (χ0n) is 14.2. The van der Waals surface area contributed by atoms with Crippen LogP contribution in [0.25, 0.3) is 0 Å². The van der Waals surface area contributed by atoms with Gasteiger partial charge in [0.1, 0.15) is 0 Å². The summed E-state index contributed by atoms with van der Waals surface area (Å²) < 4.78 is 66.4. The highest BCUT2D eigenvalue weighted by Gasteiger charge is 2.26. The van der Waals surface area contributed by atoms with E-state index in [0.29, 0.717) is 19.2 Å². The fourth-order valence-electron chi connectivity index (χ4n) is 2.85. The fraction of sp³-hybridized carbons (Fsp3) is 0.278. The maximum Gasteiger partial charge on any atom is 0.255 e. The van der Waals surface area contributed by atoms with E-state index in [1.165, 1.54) is 28.6 Å². The molecule has 5 nitrogen and oxygen atoms in total. The van der Waals surface area contributed by atoms with Gasteiger partial charge in [-0.05, 0) is 49.2 Å². The molecule has 144 valence electrons. The van der Waals surface area contributed by atoms with Gasteiger partial charge in [-0.15, -0.1) is 0 Å². The minimum atomic E-state index is -3.63. The van der Waals surface area contributed by atoms with Crippen LogP contribution in [0.3, 0.4) is 0 Å². The van der Waals surface area contributed by atoms with Crippen LogP contribution in [0.2, 0.25) is 0 Å². The molecule has 0 aromatic heterocycles. The summed E-state index contributed by atoms with van der Waals surface area (Å²) in [5.41, 5.74) is -0.458. The predicted octanol–water partition coefficient (Wildman–Crippen LogP) is 3.53. The molecule has 3 rings (SSSR count). The van der Waals surface area contributed by atoms with Crippen LogP contribution in [0, 0.1) is 17.5 Å². The third-order valence-corrected chi connectivity index (χ3v) is 6.27. The minimum absolute atomic E-state index is 0.0525. The van der Waals surface area contributed by atoms with Crippen molar-refractivity contribution in [3.63, 3.8) is 0 Å². The average molecular weight is 398 g/mol. The molecular formula is C18H17F3N2O3S. The van der Waals surface area contributed by atoms with Crippen LogP contribution in [-0.4, -0.2) is 31.7 Å². The zero-order valence-corrected chi connectivity index (χ0v) is 15.0. The molecule has 1 amide bonds. The molecule has 9 heteroatoms. The highest BCUT2D eigenvalue weighted by atomic mass is 32.2. The first-order valence-corrected chi connectivity index (χ1v) is 9.80. The Morgan fingerprint density at radius 2 is 1.52 bits per heavy atom. The monoisotopic (exact) mass is 398 g/mol. The zero-order chi connectivity index (χ0) is 19.6. The number of rotatable bonds is 4. The normalized spacial score (nSPS) is 15.5. The molecule has 1 fully saturated rings. The molecule has 2 aromatic carbocycles. The maximum absolute atomic E-state index is 13.7. The van der Waals surface area contributed by atoms with E-state index >= 15 is 0 Å². The van der Waals surface area contributed by atoms with Crippen molar-refractivity contribution >= 4 is 21.6 Å². The molecule has 1 heterocycles. The number of hydrogen-bond donors (Lipinski definition) is 1. The maximum atomic E-state index is 13.7. The van der Waals surface area contributed by atoms with Crippen molar-refractivity contribution in [3.05, 3.63) is 59.4 Å². The molecule has 0 saturated carbocycles. The second kappa shape index (κ2) is 7.69. The van der Waals surface area contributed by atoms with Gasteiger partial charge in [-0.2, -0.15) is 4.31 Å². The molecule has 1 aliphatic heterocycles. The fourth-order valence-corrected chi connectivity index (χ4v) is 4.37. The first-order chi connectivity index (χ1) is 12.8. The van der Waals surface area contributed by atoms with Gasteiger partial charge >= 0.3 is 0 Å². The van der Waals surface area contributed by atoms with Gasteiger partial charge in [0.05, 0.1) is 10.6 Å². The summed E-state index contributed by atoms with van der Waals surface area (Å²) >= 11 is 0. The molecule has 1 aliphatic rings. The average Bonchev–Trinajstić information content (AvgIpc) is 2.69. The lowest BCUT2D eigenvalue weighted by Gasteiger charge is -2.25. The molecule has 27 heavy (non-hydrogen) atoms. The van der Waals surface area contributed by atoms with Gasteiger partial charge in [0.25, 0.3) is 5.91 Å². The van der Waals surface area contributed by atoms with Crippen molar-refractivity contribution in [1.29, 1.82) is 0 Å². The molecule has 0 unspecified atom stereocenters. The smallest absolute Gasteiger partial charge is 0.255 e. The van der Waals surface area contributed by atoms with Crippen molar-refractivity contribution < 1.29 is 26.4 Å². The molecule has 0 spiro atoms. The van der Waals surface area contributed by atoms with Crippen molar-refractivity contribution in [2.45, 2.75) is 24.2 Å². The van der Waals surface area contributed by atoms with Crippen molar-refractivity contribution in [1.82, 2.24) is 4.31 Å². The van der Waals surface area contributed by atoms with E-state index in [1.807, 2.05) is 0 Å². The van der Waals surface area contributed by atoms with Crippen molar-refractivity contribution in [3.8, 4) is 0 Å². The van der Waals surface area contributed by atoms with Gasteiger partial charge in [-0.1, -0.05) is 6.42 Å². The topological polar surface area (TPSA) is 66.5 Å². The quantitative estimate of drug-likeness (QED) is 0.802. The van der Waals surface area contributed by atoms with Crippen molar-refractivity contribution in [2.24, 2.45) is 0 Å². The van der Waals surface area contributed by atoms with Crippen molar-refractivity contribution in [2.75, 3.05) is 18.4 Å². The van der Waals surface area contributed by atoms with Crippen LogP contribution >= 0.6 is 0 Å². The summed E-state index contributed by atoms with van der Waals surface area (Å²) in [5, 5.41) is 2.14. The van der Waals surface area contributed by atoms with E-state index in [0.717, 1.165) is 25.3 Å². The number of benzene rings is 2. The summed E-state index contributed by atoms with van der Waals surface area (Å²) in [7, 11) is -3.63. The molecule has 1 N–H and O–H groups in total. The summed E-state index contributed by atoms with van der Waals surface area (Å²) in [4.78, 5) is 12.2. The molecule has 0 bridgehead atoms. The summed E-state index contributed by atoms with van der Waals surface area (Å²) in [6.07, 6.45) is 2.60. The third-order valence-electron chi connectivity index (χ3n) is 4.35. The Bertz CT molecular complexity index is 957. The standard InChI is InChI=1S/C18H17F3N2O3S/c19-14-8-9-15(17(21)16(14)20)22-18(24)12-4-6-13(7-5-12)27(25,26)23-10-2-1-3-11-23/h4-9H,1-3,10-11H2,(H,22,24). The number of nitrogens with zero attached hydrogens (tertiary/aromatic N) is 1. The van der Waals surface area contributed by atoms with Crippen LogP contribution in [0.15, 0.2) is 41.3 Å². The number of piperidine rings is 1. The van der Waals surface area contributed by atoms with Crippen LogP contribution in [-0.2, 0) is 10.0 Å². The van der Waals surface area contributed by atoms with Gasteiger partial charge in [0, 0.05) is 18.7 Å². The third kappa shape index (κ3) is 3.98. The van der Waals surface area contributed by atoms with Gasteiger partial charge < -0.3 is 5.32 Å². The Morgan fingerprint density at radius 1 is 0.889 bits per heavy atom. The largest absolute Gasteiger partial charge is 0.319 e. The van der Waals surface area contributed by atoms with Crippen LogP contribution in [0.1, 0.15) is 29.6 Å². The molecular weight excluding hydrogens is 381 g/mol. The summed E-state index contributed by atoms with van der Waals surface area (Å²) in [6.45, 7) is 0.917. The second-order valence-corrected chi connectivity index (χ2v) is 8.10. The number of hydrogen-bond acceptors (Lipinski definition) is 3. The number of sulfonamides is 1. The Labute approximate surface area is 154 Å². The Balaban J connectivity index is 1.77. The van der Waals surface area contributed by atoms with E-state index in [4.69, 9.17) is 0 Å². The Morgan fingerprint density at radius 3 is 2.15 bits per heavy atom. The highest BCUT2D eigenvalue weighted by molar-refractivity contribution is 7.89. The number of carbonyl (C=O) groups is 1. The number of nitrogens with one attached hydrogen (secondary N) is 1. The summed E-state index contributed by atoms with van der Waals surface area (Å²) in [6, 6.07) is 6.75. The Kier molecular flexibility index (Phi) is 5.52. The van der Waals surface area contributed by atoms with Crippen LogP contribution < -0.4 is 5.32 Å². The minimum Gasteiger partial charge on any atom is -0.319 e. The number of halogens is 3. The molecule has 0 atom stereocenters. The lowest BCUT2D eigenvalue weighted by atomic mass is 10.2. The number of carbonyl (C=O) groups excluding carboxylic acids is 1. The second-order valence-electron chi connectivity index (χ2n) is 6.17. The number of amides is 1. The Hall–Kier alpha value is -2.39. The highest BCUT2D eigenvalue weighted by Crippen LogP contribution is 2.23. The lowest BCUT2D eigenvalue weighted by Crippen LogP contribution is -2.35. The molecule has 1 saturated heterocycles. The van der Waals surface area contributed by atoms with E-state index in [-0.39, 0.29) is 10.5 Å². The predicted molar refractivity (Wildman–Crippen MR) is 93.3 cm³/mol. The van der Waals surface area contributed by atoms with E-state index in [1.54, 1.807) is 0 Å². The first kappa shape index (κ1) is 19.4. The van der Waals surface area contributed by atoms with Crippen LogP contribution in [0.4, 0.5) is 18.9 Å². The molecule has 0 radical (unpaired) electrons. The van der Waals surface area contributed by atoms with Crippen LogP contribution in [0.5, 0.6) is 0 Å². The van der Waals surface area contributed by atoms with Gasteiger partial charge in [-0.25, -0.2) is 21.6 Å².